The van der Waals surface area contributed by atoms with Crippen LogP contribution in [0.5, 0.6) is 23.8 Å². The molecule has 0 spiro atoms. The number of nitrogens with one attached hydrogen (secondary N) is 1. The summed E-state index contributed by atoms with van der Waals surface area (Å²) in [5.74, 6) is 1.83. The molecule has 5 aromatic heterocycles. The number of ether oxygens (including phenoxy) is 3. The number of aromatic hydroxyl groups is 1. The van der Waals surface area contributed by atoms with Crippen LogP contribution in [-0.2, 0) is 53.3 Å². The largest absolute Gasteiger partial charge is 0.505 e. The summed E-state index contributed by atoms with van der Waals surface area (Å²) in [5.41, 5.74) is 12.2. The van der Waals surface area contributed by atoms with Gasteiger partial charge in [0.25, 0.3) is 0 Å². The maximum absolute atomic E-state index is 15.4. The average molecular weight is 1750 g/mol. The van der Waals surface area contributed by atoms with Gasteiger partial charge in [-0.3, -0.25) is 24.5 Å². The third-order valence-electron chi connectivity index (χ3n) is 25.7. The van der Waals surface area contributed by atoms with Gasteiger partial charge in [0.15, 0.2) is 11.6 Å². The zero-order valence-electron chi connectivity index (χ0n) is 71.8. The lowest BCUT2D eigenvalue weighted by Gasteiger charge is -2.41. The molecule has 4 aromatic carbocycles. The number of H-pyrrole nitrogens is 1. The van der Waals surface area contributed by atoms with Gasteiger partial charge in [0.2, 0.25) is 24.3 Å². The summed E-state index contributed by atoms with van der Waals surface area (Å²) in [7, 11) is 6.40. The van der Waals surface area contributed by atoms with Crippen molar-refractivity contribution in [2.75, 3.05) is 188 Å². The van der Waals surface area contributed by atoms with Gasteiger partial charge in [0.1, 0.15) is 43.3 Å². The van der Waals surface area contributed by atoms with E-state index in [2.05, 4.69) is 150 Å². The number of hydrogen-bond donors (Lipinski definition) is 2. The number of pyridine rings is 1. The number of likely N-dealkylation sites (N-methyl/N-ethyl adjacent to an activating group) is 3. The number of nitrogens with zero attached hydrogens (tertiary/aromatic N) is 21. The van der Waals surface area contributed by atoms with Gasteiger partial charge in [0.05, 0.1) is 71.0 Å². The smallest absolute Gasteiger partial charge is 0.318 e. The Bertz CT molecular complexity index is 5370. The van der Waals surface area contributed by atoms with Gasteiger partial charge in [-0.05, 0) is 158 Å². The number of fused-ring (bicyclic) bond motifs is 6. The summed E-state index contributed by atoms with van der Waals surface area (Å²) >= 11 is 0. The first-order chi connectivity index (χ1) is 58.9. The summed E-state index contributed by atoms with van der Waals surface area (Å²) in [6, 6.07) is 25.7. The molecule has 6 saturated heterocycles. The van der Waals surface area contributed by atoms with Crippen molar-refractivity contribution in [2.24, 2.45) is 0 Å². The van der Waals surface area contributed by atoms with Crippen molar-refractivity contribution in [2.45, 2.75) is 121 Å². The number of piperazine rings is 3. The maximum Gasteiger partial charge on any atom is 0.318 e. The van der Waals surface area contributed by atoms with E-state index in [0.29, 0.717) is 159 Å². The van der Waals surface area contributed by atoms with Crippen LogP contribution in [0.1, 0.15) is 97.6 Å². The Balaban J connectivity index is 0.000000158. The number of carbonyl (C=O) groups excluding carboxylic acids is 3. The molecule has 0 bridgehead atoms. The summed E-state index contributed by atoms with van der Waals surface area (Å²) < 4.78 is 34.2. The van der Waals surface area contributed by atoms with Gasteiger partial charge >= 0.3 is 18.0 Å². The minimum Gasteiger partial charge on any atom is -0.505 e. The van der Waals surface area contributed by atoms with E-state index in [0.717, 1.165) is 168 Å². The molecule has 4 atom stereocenters. The molecule has 9 aromatic rings. The van der Waals surface area contributed by atoms with E-state index >= 15 is 4.39 Å². The van der Waals surface area contributed by atoms with Crippen molar-refractivity contribution in [1.82, 2.24) is 74.5 Å². The van der Waals surface area contributed by atoms with E-state index in [1.54, 1.807) is 9.80 Å². The van der Waals surface area contributed by atoms with E-state index in [9.17, 15) is 19.5 Å². The van der Waals surface area contributed by atoms with Crippen LogP contribution in [0.25, 0.3) is 37.4 Å². The number of halogens is 1. The number of para-hydroxylation sites is 1. The Hall–Kier alpha value is -10.8. The van der Waals surface area contributed by atoms with E-state index in [-0.39, 0.29) is 76.5 Å². The van der Waals surface area contributed by atoms with Gasteiger partial charge in [-0.2, -0.15) is 75.5 Å². The molecule has 14 heterocycles. The number of likely N-dealkylation sites (tertiary alicyclic amines) is 3. The molecular formula is C91H117FN22O7S3. The molecule has 2 N–H and O–H groups in total. The van der Waals surface area contributed by atoms with E-state index in [4.69, 9.17) is 50.7 Å². The van der Waals surface area contributed by atoms with Gasteiger partial charge in [0, 0.05) is 149 Å². The average Bonchev–Trinajstić information content (AvgIpc) is 1.09. The predicted octanol–water partition coefficient (Wildman–Crippen LogP) is 10.2. The quantitative estimate of drug-likeness (QED) is 0.0531. The number of hydrogen-bond acceptors (Lipinski definition) is 24. The number of aromatic nitrogens is 9. The number of phenols is 1. The number of rotatable bonds is 20. The first-order valence-corrected chi connectivity index (χ1v) is 42.9. The first-order valence-electron chi connectivity index (χ1n) is 42.9. The highest BCUT2D eigenvalue weighted by molar-refractivity contribution is 7.59. The molecule has 124 heavy (non-hydrogen) atoms. The highest BCUT2D eigenvalue weighted by Crippen LogP contribution is 2.43. The topological polar surface area (TPSA) is 261 Å². The van der Waals surface area contributed by atoms with Crippen LogP contribution in [0.15, 0.2) is 123 Å². The Kier molecular flexibility index (Phi) is 30.0. The summed E-state index contributed by atoms with van der Waals surface area (Å²) in [6.45, 7) is 38.8. The maximum atomic E-state index is 15.4. The molecule has 0 radical (unpaired) electrons. The molecular weight excluding hydrogens is 1630 g/mol. The fourth-order valence-electron chi connectivity index (χ4n) is 18.8. The minimum absolute atomic E-state index is 0. The van der Waals surface area contributed by atoms with Crippen molar-refractivity contribution in [3.63, 3.8) is 0 Å². The molecule has 0 saturated carbocycles. The lowest BCUT2D eigenvalue weighted by molar-refractivity contribution is -0.128. The van der Waals surface area contributed by atoms with Crippen molar-refractivity contribution in [1.29, 1.82) is 0 Å². The molecule has 3 amide bonds. The minimum atomic E-state index is -0.625. The van der Waals surface area contributed by atoms with Crippen molar-refractivity contribution in [3.8, 4) is 23.8 Å². The molecule has 18 rings (SSSR count). The molecule has 9 aliphatic heterocycles. The van der Waals surface area contributed by atoms with Crippen LogP contribution in [-0.4, -0.2) is 280 Å². The predicted molar refractivity (Wildman–Crippen MR) is 500 cm³/mol. The number of amides is 3. The second-order valence-corrected chi connectivity index (χ2v) is 33.4. The highest BCUT2D eigenvalue weighted by Gasteiger charge is 2.38. The summed E-state index contributed by atoms with van der Waals surface area (Å²) in [6.07, 6.45) is 16.9. The molecule has 29 nitrogen and oxygen atoms in total. The number of benzene rings is 4. The number of carbonyl (C=O) groups is 3. The van der Waals surface area contributed by atoms with Crippen LogP contribution < -0.4 is 43.6 Å². The van der Waals surface area contributed by atoms with Crippen molar-refractivity contribution < 1.29 is 38.1 Å². The molecule has 9 aliphatic rings. The fraction of sp³-hybridized carbons (Fsp3) is 0.473. The Labute approximate surface area is 746 Å². The zero-order valence-corrected chi connectivity index (χ0v) is 74.8. The SMILES string of the molecule is C=CC(=O)N1CCN(c2nc(OC[C@@H]3CCCN3C)nc3c2CCN(c2c(C(C)C)ccc4[nH]ncc24)C3)CC1.C=CC(=O)N1CCN(c2nc(OC[C@@H]3CCCN3C)nc3c2CCN(c2c(F)c(O)cc4ccccc24)C3)CC1.S.S.S.[C-]#[N+]CC1CN(c2nc(OC[C@@H]3CCCN3C)nc3c2CCN(c2cccc4cccnc24)C3)CCN1C(=O)C=C. The molecule has 658 valence electrons. The molecule has 0 aliphatic carbocycles. The van der Waals surface area contributed by atoms with E-state index in [1.165, 1.54) is 54.0 Å². The third kappa shape index (κ3) is 19.7. The first kappa shape index (κ1) is 91.0. The Morgan fingerprint density at radius 2 is 1.02 bits per heavy atom. The number of anilines is 6. The lowest BCUT2D eigenvalue weighted by atomic mass is 9.96. The molecule has 33 heteroatoms. The monoisotopic (exact) mass is 1740 g/mol. The van der Waals surface area contributed by atoms with Gasteiger partial charge in [-0.1, -0.05) is 82.1 Å². The number of aromatic amines is 1. The third-order valence-corrected chi connectivity index (χ3v) is 25.7. The Morgan fingerprint density at radius 3 is 1.52 bits per heavy atom. The highest BCUT2D eigenvalue weighted by atomic mass is 32.1. The van der Waals surface area contributed by atoms with Crippen LogP contribution in [0.4, 0.5) is 38.9 Å². The fourth-order valence-corrected chi connectivity index (χ4v) is 18.8. The van der Waals surface area contributed by atoms with Crippen molar-refractivity contribution in [3.05, 3.63) is 180 Å². The molecule has 1 unspecified atom stereocenters. The number of phenolic OH excluding ortho intramolecular Hbond substituents is 1. The standard InChI is InChI=1S/C31H36N8O2.C30H35FN6O3.C30H40N8O2.3H2S/c1-4-28(40)39-17-16-38(19-24(39)18-32-2)30-25-12-15-37(27-11-5-8-22-9-6-13-33-29(22)27)20-26(25)34-31(35-30)41-21-23-10-7-14-36(23)3;1-3-26(39)35-13-15-36(16-14-35)29-23-10-12-37(28-22-9-5-4-7-20(22)17-25(38)27(28)31)18-24(23)32-30(33-29)40-19-21-8-6-11-34(21)2;1-5-27(39)36-13-15-37(16-14-36)29-23-10-12-38(28-22(20(2)3)8-9-25-24(28)17-31-34-25)18-26(23)32-30(33-29)40-19-21-7-6-11-35(21)4;;;/h4-6,8-9,11,13,23-24H,1,7,10,12,14-21H2,3H3;3-5,7,9,17,21,38H,1,6,8,10-16,18-19H2,2H3;5,8-9,17,20-21H,1,6-7,10-16,18-19H2,2-4H3,(H,31,34);3*1H2/t23-,24?;2*21-;;;/m000.../s1. The second-order valence-electron chi connectivity index (χ2n) is 33.4. The lowest BCUT2D eigenvalue weighted by Crippen LogP contribution is -2.56. The van der Waals surface area contributed by atoms with Crippen LogP contribution in [0, 0.1) is 12.4 Å². The zero-order chi connectivity index (χ0) is 84.0. The van der Waals surface area contributed by atoms with E-state index in [1.807, 2.05) is 52.5 Å². The molecule has 6 fully saturated rings. The van der Waals surface area contributed by atoms with Crippen LogP contribution >= 0.6 is 40.5 Å². The van der Waals surface area contributed by atoms with E-state index < -0.39 is 5.82 Å². The van der Waals surface area contributed by atoms with Crippen molar-refractivity contribution >= 4 is 125 Å². The Morgan fingerprint density at radius 1 is 0.540 bits per heavy atom. The summed E-state index contributed by atoms with van der Waals surface area (Å²) in [5, 5.41) is 21.6. The van der Waals surface area contributed by atoms with Crippen LogP contribution in [0.2, 0.25) is 0 Å². The normalized spacial score (nSPS) is 19.7. The van der Waals surface area contributed by atoms with Gasteiger partial charge < -0.3 is 83.0 Å². The van der Waals surface area contributed by atoms with Gasteiger partial charge in [-0.25, -0.2) is 11.0 Å². The van der Waals surface area contributed by atoms with Crippen LogP contribution in [0.3, 0.4) is 0 Å². The summed E-state index contributed by atoms with van der Waals surface area (Å²) in [4.78, 5) is 101. The second kappa shape index (κ2) is 40.9. The van der Waals surface area contributed by atoms with Gasteiger partial charge in [-0.15, -0.1) is 0 Å².